The van der Waals surface area contributed by atoms with Crippen LogP contribution in [0.5, 0.6) is 5.75 Å². The Bertz CT molecular complexity index is 697. The minimum atomic E-state index is -2.44. The van der Waals surface area contributed by atoms with Crippen LogP contribution in [-0.4, -0.2) is 32.2 Å². The third kappa shape index (κ3) is 9.45. The summed E-state index contributed by atoms with van der Waals surface area (Å²) < 4.78 is 5.47. The molecule has 5 nitrogen and oxygen atoms in total. The molecule has 0 bridgehead atoms. The van der Waals surface area contributed by atoms with Crippen LogP contribution in [0.4, 0.5) is 0 Å². The molecule has 6 heteroatoms. The first kappa shape index (κ1) is 32.3. The Morgan fingerprint density at radius 2 is 1.12 bits per heavy atom. The second-order valence-corrected chi connectivity index (χ2v) is 13.2. The summed E-state index contributed by atoms with van der Waals surface area (Å²) in [5, 5.41) is 18.8. The van der Waals surface area contributed by atoms with E-state index in [1.54, 1.807) is 6.92 Å². The molecule has 2 atom stereocenters. The van der Waals surface area contributed by atoms with Gasteiger partial charge in [0.15, 0.2) is 0 Å². The number of aliphatic hydroxyl groups is 2. The highest BCUT2D eigenvalue weighted by molar-refractivity contribution is 7.39. The van der Waals surface area contributed by atoms with Gasteiger partial charge in [-0.05, 0) is 47.0 Å². The first-order chi connectivity index (χ1) is 14.6. The lowest BCUT2D eigenvalue weighted by Crippen LogP contribution is -2.39. The normalized spacial score (nSPS) is 15.1. The molecule has 1 aromatic carbocycles. The number of benzene rings is 1. The van der Waals surface area contributed by atoms with Crippen molar-refractivity contribution in [2.75, 3.05) is 0 Å². The number of hydrogen-bond donors (Lipinski definition) is 4. The Morgan fingerprint density at radius 1 is 0.758 bits per heavy atom. The van der Waals surface area contributed by atoms with E-state index in [4.69, 9.17) is 9.63 Å². The van der Waals surface area contributed by atoms with Crippen LogP contribution in [0, 0.1) is 5.41 Å². The first-order valence-electron chi connectivity index (χ1n) is 12.0. The molecular formula is C27H51O5P. The minimum absolute atomic E-state index is 0.0156. The van der Waals surface area contributed by atoms with Gasteiger partial charge in [0.1, 0.15) is 5.75 Å². The molecule has 0 aliphatic heterocycles. The second-order valence-electron chi connectivity index (χ2n) is 12.5. The van der Waals surface area contributed by atoms with Crippen molar-refractivity contribution in [3.05, 3.63) is 28.8 Å². The molecule has 0 heterocycles. The largest absolute Gasteiger partial charge is 0.426 e. The maximum absolute atomic E-state index is 9.60. The van der Waals surface area contributed by atoms with E-state index < -0.39 is 20.8 Å². The number of aliphatic hydroxyl groups excluding tert-OH is 2. The van der Waals surface area contributed by atoms with E-state index in [0.717, 1.165) is 24.0 Å². The third-order valence-corrected chi connectivity index (χ3v) is 6.88. The average Bonchev–Trinajstić information content (AvgIpc) is 2.64. The predicted molar refractivity (Wildman–Crippen MR) is 141 cm³/mol. The molecular weight excluding hydrogens is 435 g/mol. The van der Waals surface area contributed by atoms with Gasteiger partial charge in [0, 0.05) is 11.1 Å². The van der Waals surface area contributed by atoms with Crippen molar-refractivity contribution in [2.45, 2.75) is 131 Å². The van der Waals surface area contributed by atoms with Crippen molar-refractivity contribution in [2.24, 2.45) is 5.41 Å². The highest BCUT2D eigenvalue weighted by Gasteiger charge is 2.32. The molecule has 0 fully saturated rings. The van der Waals surface area contributed by atoms with Gasteiger partial charge in [-0.25, -0.2) is 0 Å². The molecule has 33 heavy (non-hydrogen) atoms. The van der Waals surface area contributed by atoms with Crippen molar-refractivity contribution in [1.82, 2.24) is 0 Å². The Morgan fingerprint density at radius 3 is 1.30 bits per heavy atom. The Labute approximate surface area is 204 Å². The Kier molecular flexibility index (Phi) is 11.6. The summed E-state index contributed by atoms with van der Waals surface area (Å²) in [7, 11) is -2.44. The fraction of sp³-hybridized carbons (Fsp3) is 0.778. The van der Waals surface area contributed by atoms with Crippen LogP contribution in [0.25, 0.3) is 0 Å². The van der Waals surface area contributed by atoms with Crippen molar-refractivity contribution in [3.8, 4) is 5.75 Å². The van der Waals surface area contributed by atoms with E-state index in [0.29, 0.717) is 5.75 Å². The SMILES string of the molecule is CC(C)(C)c1cc(C(C)(C)C)c(OP(O)O)c(C(C)(C)C)c1.CCC(C)(CC)C(O)C(C)O. The molecule has 1 aromatic rings. The van der Waals surface area contributed by atoms with Crippen molar-refractivity contribution in [3.63, 3.8) is 0 Å². The van der Waals surface area contributed by atoms with E-state index in [1.165, 1.54) is 5.56 Å². The monoisotopic (exact) mass is 486 g/mol. The van der Waals surface area contributed by atoms with Crippen molar-refractivity contribution in [1.29, 1.82) is 0 Å². The van der Waals surface area contributed by atoms with Gasteiger partial charge in [-0.1, -0.05) is 95.2 Å². The van der Waals surface area contributed by atoms with Gasteiger partial charge in [0.05, 0.1) is 12.2 Å². The van der Waals surface area contributed by atoms with E-state index >= 15 is 0 Å². The maximum atomic E-state index is 9.60. The predicted octanol–water partition coefficient (Wildman–Crippen LogP) is 6.72. The summed E-state index contributed by atoms with van der Waals surface area (Å²) in [5.41, 5.74) is 2.84. The fourth-order valence-corrected chi connectivity index (χ4v) is 3.97. The molecule has 0 saturated heterocycles. The standard InChI is InChI=1S/C18H31O3P.C9H20O2/c1-16(2,3)12-10-13(17(4,5)6)15(21-22(19)20)14(11-12)18(7,8)9;1-5-9(4,6-2)8(11)7(3)10/h10-11,19-20H,1-9H3;7-8,10-11H,5-6H2,1-4H3. The summed E-state index contributed by atoms with van der Waals surface area (Å²) in [5.74, 6) is 0.615. The van der Waals surface area contributed by atoms with Crippen LogP contribution < -0.4 is 4.52 Å². The van der Waals surface area contributed by atoms with Gasteiger partial charge in [0.25, 0.3) is 0 Å². The van der Waals surface area contributed by atoms with Crippen LogP contribution in [0.15, 0.2) is 12.1 Å². The average molecular weight is 487 g/mol. The van der Waals surface area contributed by atoms with Gasteiger partial charge >= 0.3 is 8.60 Å². The Hall–Kier alpha value is -0.710. The van der Waals surface area contributed by atoms with E-state index in [-0.39, 0.29) is 21.7 Å². The van der Waals surface area contributed by atoms with Gasteiger partial charge in [-0.2, -0.15) is 0 Å². The zero-order valence-electron chi connectivity index (χ0n) is 23.4. The molecule has 4 N–H and O–H groups in total. The molecule has 0 radical (unpaired) electrons. The summed E-state index contributed by atoms with van der Waals surface area (Å²) in [6.07, 6.45) is 0.572. The molecule has 0 amide bonds. The summed E-state index contributed by atoms with van der Waals surface area (Å²) in [6.45, 7) is 27.0. The minimum Gasteiger partial charge on any atom is -0.426 e. The van der Waals surface area contributed by atoms with Crippen molar-refractivity contribution >= 4 is 8.60 Å². The van der Waals surface area contributed by atoms with E-state index in [1.807, 2.05) is 20.8 Å². The maximum Gasteiger partial charge on any atom is 0.391 e. The summed E-state index contributed by atoms with van der Waals surface area (Å²) >= 11 is 0. The molecule has 194 valence electrons. The van der Waals surface area contributed by atoms with Crippen LogP contribution in [-0.2, 0) is 16.2 Å². The first-order valence-corrected chi connectivity index (χ1v) is 13.2. The quantitative estimate of drug-likeness (QED) is 0.335. The lowest BCUT2D eigenvalue weighted by molar-refractivity contribution is -0.0539. The smallest absolute Gasteiger partial charge is 0.391 e. The molecule has 1 rings (SSSR count). The summed E-state index contributed by atoms with van der Waals surface area (Å²) in [4.78, 5) is 18.8. The van der Waals surface area contributed by atoms with E-state index in [9.17, 15) is 14.9 Å². The lowest BCUT2D eigenvalue weighted by Gasteiger charge is -2.34. The molecule has 0 aliphatic rings. The van der Waals surface area contributed by atoms with Gasteiger partial charge in [-0.15, -0.1) is 0 Å². The zero-order chi connectivity index (χ0) is 26.6. The molecule has 0 saturated carbocycles. The highest BCUT2D eigenvalue weighted by Crippen LogP contribution is 2.46. The van der Waals surface area contributed by atoms with Gasteiger partial charge in [-0.3, -0.25) is 0 Å². The zero-order valence-corrected chi connectivity index (χ0v) is 24.3. The highest BCUT2D eigenvalue weighted by atomic mass is 31.2. The third-order valence-electron chi connectivity index (χ3n) is 6.53. The van der Waals surface area contributed by atoms with Crippen LogP contribution in [0.3, 0.4) is 0 Å². The van der Waals surface area contributed by atoms with Crippen LogP contribution in [0.1, 0.15) is 120 Å². The van der Waals surface area contributed by atoms with Gasteiger partial charge in [0.2, 0.25) is 0 Å². The van der Waals surface area contributed by atoms with Gasteiger partial charge < -0.3 is 24.5 Å². The fourth-order valence-electron chi connectivity index (χ4n) is 3.61. The number of rotatable bonds is 6. The molecule has 0 aliphatic carbocycles. The number of hydrogen-bond acceptors (Lipinski definition) is 5. The second kappa shape index (κ2) is 11.8. The molecule has 0 aromatic heterocycles. The van der Waals surface area contributed by atoms with E-state index in [2.05, 4.69) is 74.4 Å². The topological polar surface area (TPSA) is 90.2 Å². The van der Waals surface area contributed by atoms with Crippen LogP contribution >= 0.6 is 8.60 Å². The van der Waals surface area contributed by atoms with Crippen molar-refractivity contribution < 1.29 is 24.5 Å². The Balaban J connectivity index is 0.000000785. The summed E-state index contributed by atoms with van der Waals surface area (Å²) in [6, 6.07) is 4.28. The molecule has 2 unspecified atom stereocenters. The van der Waals surface area contributed by atoms with Crippen LogP contribution in [0.2, 0.25) is 0 Å². The molecule has 0 spiro atoms. The lowest BCUT2D eigenvalue weighted by atomic mass is 9.75.